The molecule has 9 heteroatoms. The third-order valence-corrected chi connectivity index (χ3v) is 5.56. The van der Waals surface area contributed by atoms with Gasteiger partial charge in [0.15, 0.2) is 6.54 Å². The quantitative estimate of drug-likeness (QED) is 0.764. The Morgan fingerprint density at radius 1 is 1.14 bits per heavy atom. The standard InChI is InChI=1S/C19H25F3N4O2/c20-19(21,22)14-4-3-5-15(12-14)25-10-8-24(9-11-25)13-17(27)26-7-2-1-6-16(26)18(23)28/h3-5,12,16H,1-2,6-11,13H2,(H2,23,28)/p+1/t16-/m1/s1. The number of piperazine rings is 1. The Balaban J connectivity index is 1.55. The van der Waals surface area contributed by atoms with Gasteiger partial charge in [-0.1, -0.05) is 6.07 Å². The summed E-state index contributed by atoms with van der Waals surface area (Å²) in [7, 11) is 0. The molecule has 154 valence electrons. The lowest BCUT2D eigenvalue weighted by molar-refractivity contribution is -0.892. The molecule has 0 unspecified atom stereocenters. The molecule has 0 aromatic heterocycles. The zero-order valence-electron chi connectivity index (χ0n) is 15.7. The van der Waals surface area contributed by atoms with Crippen molar-refractivity contribution >= 4 is 17.5 Å². The number of carbonyl (C=O) groups is 2. The minimum absolute atomic E-state index is 0.0778. The van der Waals surface area contributed by atoms with Crippen molar-refractivity contribution in [1.29, 1.82) is 0 Å². The predicted octanol–water partition coefficient (Wildman–Crippen LogP) is 0.277. The van der Waals surface area contributed by atoms with Crippen molar-refractivity contribution in [2.75, 3.05) is 44.2 Å². The molecule has 0 saturated carbocycles. The second-order valence-electron chi connectivity index (χ2n) is 7.46. The summed E-state index contributed by atoms with van der Waals surface area (Å²) in [4.78, 5) is 28.8. The molecule has 2 aliphatic heterocycles. The topological polar surface area (TPSA) is 71.1 Å². The van der Waals surface area contributed by atoms with E-state index in [1.165, 1.54) is 12.1 Å². The van der Waals surface area contributed by atoms with Gasteiger partial charge in [-0.2, -0.15) is 13.2 Å². The summed E-state index contributed by atoms with van der Waals surface area (Å²) in [5.41, 5.74) is 5.32. The van der Waals surface area contributed by atoms with Gasteiger partial charge in [0.2, 0.25) is 5.91 Å². The van der Waals surface area contributed by atoms with E-state index < -0.39 is 23.7 Å². The van der Waals surface area contributed by atoms with Crippen LogP contribution < -0.4 is 15.5 Å². The monoisotopic (exact) mass is 399 g/mol. The van der Waals surface area contributed by atoms with Gasteiger partial charge in [-0.15, -0.1) is 0 Å². The van der Waals surface area contributed by atoms with E-state index in [9.17, 15) is 22.8 Å². The molecular weight excluding hydrogens is 373 g/mol. The summed E-state index contributed by atoms with van der Waals surface area (Å²) < 4.78 is 38.7. The molecule has 2 amide bonds. The van der Waals surface area contributed by atoms with Crippen LogP contribution in [0.15, 0.2) is 24.3 Å². The predicted molar refractivity (Wildman–Crippen MR) is 97.8 cm³/mol. The van der Waals surface area contributed by atoms with Gasteiger partial charge in [-0.3, -0.25) is 9.59 Å². The van der Waals surface area contributed by atoms with E-state index in [1.54, 1.807) is 11.0 Å². The highest BCUT2D eigenvalue weighted by Crippen LogP contribution is 2.31. The lowest BCUT2D eigenvalue weighted by Crippen LogP contribution is -3.16. The van der Waals surface area contributed by atoms with Gasteiger partial charge in [0.25, 0.3) is 5.91 Å². The molecule has 2 fully saturated rings. The zero-order chi connectivity index (χ0) is 20.3. The molecule has 0 spiro atoms. The maximum absolute atomic E-state index is 12.9. The van der Waals surface area contributed by atoms with Crippen molar-refractivity contribution < 1.29 is 27.7 Å². The molecule has 1 atom stereocenters. The molecule has 0 aliphatic carbocycles. The van der Waals surface area contributed by atoms with Crippen LogP contribution >= 0.6 is 0 Å². The van der Waals surface area contributed by atoms with Gasteiger partial charge in [-0.25, -0.2) is 0 Å². The molecule has 2 aliphatic rings. The van der Waals surface area contributed by atoms with Crippen molar-refractivity contribution in [2.45, 2.75) is 31.5 Å². The van der Waals surface area contributed by atoms with Gasteiger partial charge in [0.05, 0.1) is 31.7 Å². The summed E-state index contributed by atoms with van der Waals surface area (Å²) in [6.07, 6.45) is -1.99. The molecule has 0 radical (unpaired) electrons. The van der Waals surface area contributed by atoms with E-state index in [4.69, 9.17) is 5.73 Å². The van der Waals surface area contributed by atoms with Crippen molar-refractivity contribution in [3.8, 4) is 0 Å². The number of benzene rings is 1. The third-order valence-electron chi connectivity index (χ3n) is 5.56. The number of carbonyl (C=O) groups excluding carboxylic acids is 2. The number of amides is 2. The summed E-state index contributed by atoms with van der Waals surface area (Å²) in [6, 6.07) is 4.81. The normalized spacial score (nSPS) is 21.6. The van der Waals surface area contributed by atoms with Crippen LogP contribution in [-0.4, -0.2) is 62.0 Å². The second-order valence-corrected chi connectivity index (χ2v) is 7.46. The van der Waals surface area contributed by atoms with E-state index in [2.05, 4.69) is 0 Å². The van der Waals surface area contributed by atoms with Crippen LogP contribution in [0.3, 0.4) is 0 Å². The number of halogens is 3. The van der Waals surface area contributed by atoms with Gasteiger partial charge >= 0.3 is 6.18 Å². The van der Waals surface area contributed by atoms with Crippen LogP contribution in [0.4, 0.5) is 18.9 Å². The first-order valence-electron chi connectivity index (χ1n) is 9.60. The Labute approximate surface area is 162 Å². The van der Waals surface area contributed by atoms with E-state index in [0.29, 0.717) is 44.8 Å². The number of hydrogen-bond acceptors (Lipinski definition) is 3. The lowest BCUT2D eigenvalue weighted by atomic mass is 10.0. The molecule has 2 heterocycles. The molecule has 3 rings (SSSR count). The molecule has 1 aromatic carbocycles. The number of nitrogens with two attached hydrogens (primary N) is 1. The van der Waals surface area contributed by atoms with Gasteiger partial charge in [0.1, 0.15) is 6.04 Å². The highest BCUT2D eigenvalue weighted by molar-refractivity contribution is 5.87. The third kappa shape index (κ3) is 4.76. The fourth-order valence-corrected chi connectivity index (χ4v) is 3.98. The number of rotatable bonds is 4. The number of anilines is 1. The molecule has 1 aromatic rings. The largest absolute Gasteiger partial charge is 0.416 e. The summed E-state index contributed by atoms with van der Waals surface area (Å²) >= 11 is 0. The zero-order valence-corrected chi connectivity index (χ0v) is 15.7. The fraction of sp³-hybridized carbons (Fsp3) is 0.579. The van der Waals surface area contributed by atoms with Crippen LogP contribution in [0.2, 0.25) is 0 Å². The van der Waals surface area contributed by atoms with Crippen molar-refractivity contribution in [1.82, 2.24) is 4.90 Å². The first kappa shape index (κ1) is 20.4. The number of primary amides is 1. The Morgan fingerprint density at radius 3 is 2.50 bits per heavy atom. The van der Waals surface area contributed by atoms with Gasteiger partial charge in [-0.05, 0) is 37.5 Å². The van der Waals surface area contributed by atoms with E-state index in [-0.39, 0.29) is 12.5 Å². The maximum atomic E-state index is 12.9. The summed E-state index contributed by atoms with van der Waals surface area (Å²) in [6.45, 7) is 3.27. The van der Waals surface area contributed by atoms with Gasteiger partial charge in [0, 0.05) is 12.2 Å². The minimum Gasteiger partial charge on any atom is -0.368 e. The molecule has 28 heavy (non-hydrogen) atoms. The van der Waals surface area contributed by atoms with Crippen LogP contribution in [0.5, 0.6) is 0 Å². The first-order valence-corrected chi connectivity index (χ1v) is 9.60. The summed E-state index contributed by atoms with van der Waals surface area (Å²) in [5.74, 6) is -0.538. The lowest BCUT2D eigenvalue weighted by Gasteiger charge is -2.37. The highest BCUT2D eigenvalue weighted by atomic mass is 19.4. The van der Waals surface area contributed by atoms with Gasteiger partial charge < -0.3 is 20.4 Å². The Hall–Kier alpha value is -2.29. The average molecular weight is 399 g/mol. The van der Waals surface area contributed by atoms with Crippen molar-refractivity contribution in [3.63, 3.8) is 0 Å². The van der Waals surface area contributed by atoms with Crippen LogP contribution in [0.1, 0.15) is 24.8 Å². The smallest absolute Gasteiger partial charge is 0.368 e. The van der Waals surface area contributed by atoms with Crippen molar-refractivity contribution in [3.05, 3.63) is 29.8 Å². The van der Waals surface area contributed by atoms with E-state index >= 15 is 0 Å². The molecular formula is C19H26F3N4O2+. The van der Waals surface area contributed by atoms with E-state index in [0.717, 1.165) is 23.8 Å². The van der Waals surface area contributed by atoms with Crippen LogP contribution in [-0.2, 0) is 15.8 Å². The SMILES string of the molecule is NC(=O)[C@H]1CCCCN1C(=O)C[NH+]1CCN(c2cccc(C(F)(F)F)c2)CC1. The molecule has 2 saturated heterocycles. The maximum Gasteiger partial charge on any atom is 0.416 e. The fourth-order valence-electron chi connectivity index (χ4n) is 3.98. The number of nitrogens with one attached hydrogen (secondary N) is 1. The van der Waals surface area contributed by atoms with Crippen LogP contribution in [0.25, 0.3) is 0 Å². The Morgan fingerprint density at radius 2 is 1.86 bits per heavy atom. The number of nitrogens with zero attached hydrogens (tertiary/aromatic N) is 2. The second kappa shape index (κ2) is 8.38. The number of hydrogen-bond donors (Lipinski definition) is 2. The number of piperidine rings is 1. The highest BCUT2D eigenvalue weighted by Gasteiger charge is 2.34. The molecule has 6 nitrogen and oxygen atoms in total. The van der Waals surface area contributed by atoms with Crippen molar-refractivity contribution in [2.24, 2.45) is 5.73 Å². The Bertz CT molecular complexity index is 717. The average Bonchev–Trinajstić information content (AvgIpc) is 2.68. The molecule has 0 bridgehead atoms. The molecule has 3 N–H and O–H groups in total. The number of likely N-dealkylation sites (tertiary alicyclic amines) is 1. The minimum atomic E-state index is -4.36. The Kier molecular flexibility index (Phi) is 6.12. The summed E-state index contributed by atoms with van der Waals surface area (Å²) in [5, 5.41) is 0. The number of alkyl halides is 3. The number of quaternary nitrogens is 1. The van der Waals surface area contributed by atoms with Crippen LogP contribution in [0, 0.1) is 0 Å². The van der Waals surface area contributed by atoms with E-state index in [1.807, 2.05) is 4.90 Å². The first-order chi connectivity index (χ1) is 13.3.